The Hall–Kier alpha value is -2.05. The van der Waals surface area contributed by atoms with E-state index in [2.05, 4.69) is 22.2 Å². The van der Waals surface area contributed by atoms with Crippen LogP contribution in [0.25, 0.3) is 0 Å². The molecule has 1 heterocycles. The van der Waals surface area contributed by atoms with Crippen LogP contribution in [-0.4, -0.2) is 29.0 Å². The summed E-state index contributed by atoms with van der Waals surface area (Å²) in [6.07, 6.45) is 4.51. The minimum absolute atomic E-state index is 0.198. The number of ether oxygens (including phenoxy) is 1. The number of aromatic nitrogens is 2. The van der Waals surface area contributed by atoms with E-state index >= 15 is 0 Å². The van der Waals surface area contributed by atoms with Crippen molar-refractivity contribution in [3.8, 4) is 5.75 Å². The SMILES string of the molecule is CCCCNc1nc(N)ncc1OCCCC(N)=O. The van der Waals surface area contributed by atoms with Gasteiger partial charge >= 0.3 is 0 Å². The molecule has 106 valence electrons. The number of nitrogens with one attached hydrogen (secondary N) is 1. The maximum absolute atomic E-state index is 10.6. The summed E-state index contributed by atoms with van der Waals surface area (Å²) >= 11 is 0. The third-order valence-corrected chi connectivity index (χ3v) is 2.42. The number of unbranched alkanes of at least 4 members (excludes halogenated alkanes) is 1. The molecule has 0 unspecified atom stereocenters. The van der Waals surface area contributed by atoms with Gasteiger partial charge in [-0.25, -0.2) is 4.98 Å². The third kappa shape index (κ3) is 5.89. The summed E-state index contributed by atoms with van der Waals surface area (Å²) in [5.41, 5.74) is 10.6. The minimum Gasteiger partial charge on any atom is -0.488 e. The smallest absolute Gasteiger partial charge is 0.222 e. The molecule has 0 fully saturated rings. The molecule has 7 nitrogen and oxygen atoms in total. The molecule has 1 rings (SSSR count). The van der Waals surface area contributed by atoms with Crippen LogP contribution in [-0.2, 0) is 4.79 Å². The van der Waals surface area contributed by atoms with Crippen molar-refractivity contribution < 1.29 is 9.53 Å². The number of amides is 1. The summed E-state index contributed by atoms with van der Waals surface area (Å²) in [6, 6.07) is 0. The number of hydrogen-bond acceptors (Lipinski definition) is 6. The highest BCUT2D eigenvalue weighted by Crippen LogP contribution is 2.21. The van der Waals surface area contributed by atoms with Crippen LogP contribution in [0.2, 0.25) is 0 Å². The summed E-state index contributed by atoms with van der Waals surface area (Å²) in [5, 5.41) is 3.16. The van der Waals surface area contributed by atoms with Crippen molar-refractivity contribution in [1.82, 2.24) is 9.97 Å². The highest BCUT2D eigenvalue weighted by Gasteiger charge is 2.07. The van der Waals surface area contributed by atoms with E-state index in [0.29, 0.717) is 31.0 Å². The summed E-state index contributed by atoms with van der Waals surface area (Å²) < 4.78 is 5.52. The molecule has 0 spiro atoms. The van der Waals surface area contributed by atoms with Crippen LogP contribution in [0.3, 0.4) is 0 Å². The lowest BCUT2D eigenvalue weighted by Gasteiger charge is -2.11. The van der Waals surface area contributed by atoms with Gasteiger partial charge in [-0.2, -0.15) is 4.98 Å². The molecule has 0 aliphatic rings. The van der Waals surface area contributed by atoms with Gasteiger partial charge in [-0.05, 0) is 12.8 Å². The van der Waals surface area contributed by atoms with E-state index in [1.807, 2.05) is 0 Å². The van der Waals surface area contributed by atoms with Crippen molar-refractivity contribution in [2.75, 3.05) is 24.2 Å². The lowest BCUT2D eigenvalue weighted by Crippen LogP contribution is -2.13. The number of carbonyl (C=O) groups excluding carboxylic acids is 1. The molecule has 1 aromatic heterocycles. The Kier molecular flexibility index (Phi) is 6.42. The summed E-state index contributed by atoms with van der Waals surface area (Å²) in [4.78, 5) is 18.6. The average Bonchev–Trinajstić information content (AvgIpc) is 2.36. The first kappa shape index (κ1) is 15.0. The largest absolute Gasteiger partial charge is 0.488 e. The fraction of sp³-hybridized carbons (Fsp3) is 0.583. The summed E-state index contributed by atoms with van der Waals surface area (Å²) in [6.45, 7) is 3.29. The van der Waals surface area contributed by atoms with Gasteiger partial charge in [-0.1, -0.05) is 13.3 Å². The number of hydrogen-bond donors (Lipinski definition) is 3. The number of carbonyl (C=O) groups is 1. The second-order valence-electron chi connectivity index (χ2n) is 4.14. The van der Waals surface area contributed by atoms with Gasteiger partial charge in [0.15, 0.2) is 11.6 Å². The van der Waals surface area contributed by atoms with Crippen molar-refractivity contribution >= 4 is 17.7 Å². The van der Waals surface area contributed by atoms with Crippen molar-refractivity contribution in [2.45, 2.75) is 32.6 Å². The number of anilines is 2. The molecule has 0 bridgehead atoms. The zero-order valence-corrected chi connectivity index (χ0v) is 11.2. The van der Waals surface area contributed by atoms with Crippen LogP contribution in [0.5, 0.6) is 5.75 Å². The zero-order chi connectivity index (χ0) is 14.1. The molecular formula is C12H21N5O2. The van der Waals surface area contributed by atoms with Gasteiger partial charge in [0.2, 0.25) is 11.9 Å². The maximum Gasteiger partial charge on any atom is 0.222 e. The highest BCUT2D eigenvalue weighted by molar-refractivity contribution is 5.73. The predicted molar refractivity (Wildman–Crippen MR) is 73.8 cm³/mol. The molecule has 0 atom stereocenters. The molecule has 0 radical (unpaired) electrons. The second kappa shape index (κ2) is 8.12. The molecular weight excluding hydrogens is 246 g/mol. The molecule has 19 heavy (non-hydrogen) atoms. The van der Waals surface area contributed by atoms with E-state index in [0.717, 1.165) is 19.4 Å². The molecule has 0 aliphatic carbocycles. The average molecular weight is 267 g/mol. The van der Waals surface area contributed by atoms with Crippen LogP contribution in [0.4, 0.5) is 11.8 Å². The van der Waals surface area contributed by atoms with Crippen molar-refractivity contribution in [3.63, 3.8) is 0 Å². The van der Waals surface area contributed by atoms with Crippen LogP contribution < -0.4 is 21.5 Å². The normalized spacial score (nSPS) is 10.2. The van der Waals surface area contributed by atoms with Gasteiger partial charge in [0.25, 0.3) is 0 Å². The molecule has 0 saturated carbocycles. The Morgan fingerprint density at radius 2 is 2.26 bits per heavy atom. The van der Waals surface area contributed by atoms with Gasteiger partial charge in [-0.3, -0.25) is 4.79 Å². The molecule has 1 aromatic rings. The number of nitrogens with zero attached hydrogens (tertiary/aromatic N) is 2. The van der Waals surface area contributed by atoms with E-state index in [4.69, 9.17) is 16.2 Å². The summed E-state index contributed by atoms with van der Waals surface area (Å²) in [7, 11) is 0. The Morgan fingerprint density at radius 3 is 2.95 bits per heavy atom. The van der Waals surface area contributed by atoms with E-state index in [1.54, 1.807) is 0 Å². The Bertz CT molecular complexity index is 411. The van der Waals surface area contributed by atoms with Gasteiger partial charge in [0, 0.05) is 13.0 Å². The fourth-order valence-electron chi connectivity index (χ4n) is 1.43. The predicted octanol–water partition coefficient (Wildman–Crippen LogP) is 0.915. The summed E-state index contributed by atoms with van der Waals surface area (Å²) in [5.74, 6) is 0.983. The molecule has 5 N–H and O–H groups in total. The number of nitrogens with two attached hydrogens (primary N) is 2. The highest BCUT2D eigenvalue weighted by atomic mass is 16.5. The second-order valence-corrected chi connectivity index (χ2v) is 4.14. The van der Waals surface area contributed by atoms with Crippen LogP contribution in [0.1, 0.15) is 32.6 Å². The first-order valence-corrected chi connectivity index (χ1v) is 6.41. The quantitative estimate of drug-likeness (QED) is 0.573. The Balaban J connectivity index is 2.52. The standard InChI is InChI=1S/C12H21N5O2/c1-2-3-6-15-11-9(8-16-12(14)17-11)19-7-4-5-10(13)18/h8H,2-7H2,1H3,(H2,13,18)(H3,14,15,16,17). The minimum atomic E-state index is -0.335. The monoisotopic (exact) mass is 267 g/mol. The maximum atomic E-state index is 10.6. The third-order valence-electron chi connectivity index (χ3n) is 2.42. The van der Waals surface area contributed by atoms with Crippen molar-refractivity contribution in [2.24, 2.45) is 5.73 Å². The van der Waals surface area contributed by atoms with Crippen molar-refractivity contribution in [1.29, 1.82) is 0 Å². The first-order chi connectivity index (χ1) is 9.13. The van der Waals surface area contributed by atoms with E-state index in [-0.39, 0.29) is 11.9 Å². The molecule has 0 aliphatic heterocycles. The van der Waals surface area contributed by atoms with Crippen LogP contribution in [0.15, 0.2) is 6.20 Å². The van der Waals surface area contributed by atoms with Crippen molar-refractivity contribution in [3.05, 3.63) is 6.20 Å². The van der Waals surface area contributed by atoms with Gasteiger partial charge < -0.3 is 21.5 Å². The van der Waals surface area contributed by atoms with E-state index in [1.165, 1.54) is 6.20 Å². The molecule has 0 saturated heterocycles. The molecule has 7 heteroatoms. The number of primary amides is 1. The molecule has 1 amide bonds. The number of rotatable bonds is 9. The zero-order valence-electron chi connectivity index (χ0n) is 11.2. The van der Waals surface area contributed by atoms with E-state index < -0.39 is 0 Å². The Labute approximate surface area is 112 Å². The van der Waals surface area contributed by atoms with Gasteiger partial charge in [0.05, 0.1) is 12.8 Å². The van der Waals surface area contributed by atoms with Gasteiger partial charge in [0.1, 0.15) is 0 Å². The lowest BCUT2D eigenvalue weighted by atomic mass is 10.3. The lowest BCUT2D eigenvalue weighted by molar-refractivity contribution is -0.118. The topological polar surface area (TPSA) is 116 Å². The fourth-order valence-corrected chi connectivity index (χ4v) is 1.43. The first-order valence-electron chi connectivity index (χ1n) is 6.41. The van der Waals surface area contributed by atoms with Gasteiger partial charge in [-0.15, -0.1) is 0 Å². The van der Waals surface area contributed by atoms with E-state index in [9.17, 15) is 4.79 Å². The molecule has 0 aromatic carbocycles. The number of nitrogen functional groups attached to an aromatic ring is 1. The van der Waals surface area contributed by atoms with Crippen LogP contribution >= 0.6 is 0 Å². The Morgan fingerprint density at radius 1 is 1.47 bits per heavy atom. The van der Waals surface area contributed by atoms with Crippen LogP contribution in [0, 0.1) is 0 Å².